The van der Waals surface area contributed by atoms with Crippen molar-refractivity contribution in [3.8, 4) is 11.1 Å². The van der Waals surface area contributed by atoms with Crippen LogP contribution < -0.4 is 11.5 Å². The van der Waals surface area contributed by atoms with E-state index in [0.29, 0.717) is 0 Å². The van der Waals surface area contributed by atoms with Crippen molar-refractivity contribution < 1.29 is 13.2 Å². The quantitative estimate of drug-likeness (QED) is 0.750. The highest BCUT2D eigenvalue weighted by molar-refractivity contribution is 5.79. The van der Waals surface area contributed by atoms with E-state index in [-0.39, 0.29) is 22.5 Å². The van der Waals surface area contributed by atoms with Gasteiger partial charge in [-0.3, -0.25) is 0 Å². The van der Waals surface area contributed by atoms with Crippen molar-refractivity contribution in [2.24, 2.45) is 0 Å². The maximum Gasteiger partial charge on any atom is 0.148 e. The van der Waals surface area contributed by atoms with Crippen molar-refractivity contribution in [2.75, 3.05) is 11.5 Å². The van der Waals surface area contributed by atoms with Gasteiger partial charge in [0.15, 0.2) is 0 Å². The largest absolute Gasteiger partial charge is 0.398 e. The molecule has 0 heterocycles. The van der Waals surface area contributed by atoms with Gasteiger partial charge in [0.1, 0.15) is 17.5 Å². The van der Waals surface area contributed by atoms with Crippen LogP contribution in [0.15, 0.2) is 30.3 Å². The van der Waals surface area contributed by atoms with Crippen LogP contribution in [0.2, 0.25) is 0 Å². The lowest BCUT2D eigenvalue weighted by Gasteiger charge is -2.09. The van der Waals surface area contributed by atoms with Gasteiger partial charge in [-0.25, -0.2) is 13.2 Å². The van der Waals surface area contributed by atoms with Crippen molar-refractivity contribution in [3.63, 3.8) is 0 Å². The first-order valence-corrected chi connectivity index (χ1v) is 4.79. The van der Waals surface area contributed by atoms with Crippen LogP contribution in [0.4, 0.5) is 24.5 Å². The number of benzene rings is 2. The summed E-state index contributed by atoms with van der Waals surface area (Å²) in [7, 11) is 0. The lowest BCUT2D eigenvalue weighted by Crippen LogP contribution is -1.98. The van der Waals surface area contributed by atoms with Crippen LogP contribution in [-0.2, 0) is 0 Å². The Balaban J connectivity index is 2.64. The number of rotatable bonds is 1. The zero-order valence-corrected chi connectivity index (χ0v) is 8.68. The van der Waals surface area contributed by atoms with E-state index in [4.69, 9.17) is 11.5 Å². The molecule has 0 fully saturated rings. The zero-order valence-electron chi connectivity index (χ0n) is 8.68. The predicted octanol–water partition coefficient (Wildman–Crippen LogP) is 2.94. The lowest BCUT2D eigenvalue weighted by atomic mass is 10.0. The van der Waals surface area contributed by atoms with Crippen LogP contribution >= 0.6 is 0 Å². The summed E-state index contributed by atoms with van der Waals surface area (Å²) in [6.07, 6.45) is 0. The molecule has 0 saturated heterocycles. The number of halogens is 3. The van der Waals surface area contributed by atoms with Crippen LogP contribution in [0.25, 0.3) is 11.1 Å². The molecule has 0 unspecified atom stereocenters. The fourth-order valence-electron chi connectivity index (χ4n) is 1.55. The molecule has 88 valence electrons. The summed E-state index contributed by atoms with van der Waals surface area (Å²) in [5.41, 5.74) is 11.2. The molecular weight excluding hydrogens is 229 g/mol. The van der Waals surface area contributed by atoms with Gasteiger partial charge in [0.25, 0.3) is 0 Å². The average Bonchev–Trinajstić information content (AvgIpc) is 2.24. The second kappa shape index (κ2) is 4.01. The number of hydrogen-bond acceptors (Lipinski definition) is 2. The predicted molar refractivity (Wildman–Crippen MR) is 60.6 cm³/mol. The second-order valence-corrected chi connectivity index (χ2v) is 3.59. The monoisotopic (exact) mass is 238 g/mol. The summed E-state index contributed by atoms with van der Waals surface area (Å²) in [6.45, 7) is 0. The topological polar surface area (TPSA) is 52.0 Å². The summed E-state index contributed by atoms with van der Waals surface area (Å²) in [5.74, 6) is -2.14. The van der Waals surface area contributed by atoms with E-state index in [1.54, 1.807) is 0 Å². The van der Waals surface area contributed by atoms with Gasteiger partial charge in [0, 0.05) is 22.9 Å². The minimum Gasteiger partial charge on any atom is -0.398 e. The van der Waals surface area contributed by atoms with Crippen molar-refractivity contribution in [3.05, 3.63) is 47.8 Å². The summed E-state index contributed by atoms with van der Waals surface area (Å²) in [6, 6.07) is 5.29. The van der Waals surface area contributed by atoms with Gasteiger partial charge >= 0.3 is 0 Å². The maximum absolute atomic E-state index is 13.5. The minimum atomic E-state index is -0.775. The lowest BCUT2D eigenvalue weighted by molar-refractivity contribution is 0.585. The summed E-state index contributed by atoms with van der Waals surface area (Å²) >= 11 is 0. The molecule has 0 amide bonds. The van der Waals surface area contributed by atoms with Crippen LogP contribution in [0.1, 0.15) is 0 Å². The molecule has 0 aliphatic heterocycles. The first kappa shape index (κ1) is 11.3. The van der Waals surface area contributed by atoms with E-state index < -0.39 is 17.5 Å². The smallest absolute Gasteiger partial charge is 0.148 e. The molecule has 0 aliphatic rings. The van der Waals surface area contributed by atoms with Gasteiger partial charge in [-0.05, 0) is 24.3 Å². The summed E-state index contributed by atoms with van der Waals surface area (Å²) in [4.78, 5) is 0. The highest BCUT2D eigenvalue weighted by Crippen LogP contribution is 2.31. The maximum atomic E-state index is 13.5. The number of nitrogen functional groups attached to an aromatic ring is 2. The molecule has 0 aliphatic carbocycles. The zero-order chi connectivity index (χ0) is 12.6. The Hall–Kier alpha value is -2.17. The van der Waals surface area contributed by atoms with Crippen molar-refractivity contribution in [2.45, 2.75) is 0 Å². The van der Waals surface area contributed by atoms with E-state index in [9.17, 15) is 13.2 Å². The highest BCUT2D eigenvalue weighted by atomic mass is 19.1. The molecule has 5 heteroatoms. The Morgan fingerprint density at radius 2 is 1.41 bits per heavy atom. The van der Waals surface area contributed by atoms with Crippen LogP contribution in [0.3, 0.4) is 0 Å². The molecule has 4 N–H and O–H groups in total. The third-order valence-corrected chi connectivity index (χ3v) is 2.39. The first-order valence-electron chi connectivity index (χ1n) is 4.79. The molecule has 0 bridgehead atoms. The van der Waals surface area contributed by atoms with E-state index in [1.165, 1.54) is 12.1 Å². The van der Waals surface area contributed by atoms with Crippen molar-refractivity contribution in [1.29, 1.82) is 0 Å². The second-order valence-electron chi connectivity index (χ2n) is 3.59. The summed E-state index contributed by atoms with van der Waals surface area (Å²) in [5, 5.41) is 0. The molecule has 2 nitrogen and oxygen atoms in total. The molecular formula is C12H9F3N2. The molecule has 2 aromatic carbocycles. The molecule has 0 spiro atoms. The highest BCUT2D eigenvalue weighted by Gasteiger charge is 2.12. The average molecular weight is 238 g/mol. The van der Waals surface area contributed by atoms with Crippen LogP contribution in [-0.4, -0.2) is 0 Å². The summed E-state index contributed by atoms with van der Waals surface area (Å²) < 4.78 is 39.4. The molecule has 0 aromatic heterocycles. The van der Waals surface area contributed by atoms with Crippen molar-refractivity contribution >= 4 is 11.4 Å². The van der Waals surface area contributed by atoms with Crippen molar-refractivity contribution in [1.82, 2.24) is 0 Å². The Bertz CT molecular complexity index is 582. The van der Waals surface area contributed by atoms with Gasteiger partial charge < -0.3 is 11.5 Å². The Morgan fingerprint density at radius 1 is 0.706 bits per heavy atom. The first-order chi connectivity index (χ1) is 7.99. The Labute approximate surface area is 95.7 Å². The van der Waals surface area contributed by atoms with Gasteiger partial charge in [-0.15, -0.1) is 0 Å². The number of hydrogen-bond donors (Lipinski definition) is 2. The van der Waals surface area contributed by atoms with Crippen LogP contribution in [0.5, 0.6) is 0 Å². The Morgan fingerprint density at radius 3 is 2.06 bits per heavy atom. The fourth-order valence-corrected chi connectivity index (χ4v) is 1.55. The molecule has 17 heavy (non-hydrogen) atoms. The molecule has 2 rings (SSSR count). The van der Waals surface area contributed by atoms with Crippen LogP contribution in [0, 0.1) is 17.5 Å². The van der Waals surface area contributed by atoms with Gasteiger partial charge in [-0.2, -0.15) is 0 Å². The third-order valence-electron chi connectivity index (χ3n) is 2.39. The molecule has 2 aromatic rings. The number of nitrogens with two attached hydrogens (primary N) is 2. The third kappa shape index (κ3) is 2.04. The van der Waals surface area contributed by atoms with E-state index in [1.807, 2.05) is 0 Å². The van der Waals surface area contributed by atoms with E-state index in [2.05, 4.69) is 0 Å². The fraction of sp³-hybridized carbons (Fsp3) is 0. The van der Waals surface area contributed by atoms with Gasteiger partial charge in [0.05, 0.1) is 5.69 Å². The van der Waals surface area contributed by atoms with Gasteiger partial charge in [0.2, 0.25) is 0 Å². The van der Waals surface area contributed by atoms with Gasteiger partial charge in [-0.1, -0.05) is 0 Å². The van der Waals surface area contributed by atoms with E-state index in [0.717, 1.165) is 18.2 Å². The normalized spacial score (nSPS) is 10.5. The SMILES string of the molecule is Nc1cc(-c2ccc(F)cc2F)c(N)cc1F. The van der Waals surface area contributed by atoms with E-state index >= 15 is 0 Å². The Kier molecular flexibility index (Phi) is 2.67. The minimum absolute atomic E-state index is 0.0437. The molecule has 0 saturated carbocycles. The number of anilines is 2. The standard InChI is InChI=1S/C12H9F3N2/c13-6-1-2-7(9(14)3-6)8-4-12(17)10(15)5-11(8)16/h1-5H,16-17H2. The molecule has 0 atom stereocenters. The molecule has 0 radical (unpaired) electrons.